The first-order valence-electron chi connectivity index (χ1n) is 2.34. The van der Waals surface area contributed by atoms with Crippen molar-refractivity contribution in [2.24, 2.45) is 5.73 Å². The third-order valence-electron chi connectivity index (χ3n) is 0.847. The lowest BCUT2D eigenvalue weighted by atomic mass is 10.6. The summed E-state index contributed by atoms with van der Waals surface area (Å²) in [7, 11) is 1.65. The number of rotatable bonds is 2. The summed E-state index contributed by atoms with van der Waals surface area (Å²) in [5, 5.41) is 15.1. The first kappa shape index (κ1) is 11.1. The van der Waals surface area contributed by atoms with E-state index in [1.165, 1.54) is 4.90 Å². The Labute approximate surface area is 55.8 Å². The molecule has 4 nitrogen and oxygen atoms in total. The van der Waals surface area contributed by atoms with E-state index in [0.29, 0.717) is 6.54 Å². The lowest BCUT2D eigenvalue weighted by Crippen LogP contribution is -2.34. The van der Waals surface area contributed by atoms with Gasteiger partial charge in [-0.15, -0.1) is 0 Å². The maximum Gasteiger partial charge on any atom is 0.188 e. The van der Waals surface area contributed by atoms with Gasteiger partial charge in [0.15, 0.2) is 5.96 Å². The molecule has 0 amide bonds. The van der Waals surface area contributed by atoms with Crippen LogP contribution in [-0.4, -0.2) is 36.2 Å². The Morgan fingerprint density at radius 2 is 2.22 bits per heavy atom. The van der Waals surface area contributed by atoms with Gasteiger partial charge in [-0.1, -0.05) is 7.43 Å². The Balaban J connectivity index is 0. The molecule has 4 N–H and O–H groups in total. The Hall–Kier alpha value is -0.770. The van der Waals surface area contributed by atoms with Gasteiger partial charge in [-0.05, 0) is 0 Å². The van der Waals surface area contributed by atoms with Gasteiger partial charge < -0.3 is 15.7 Å². The Morgan fingerprint density at radius 1 is 1.78 bits per heavy atom. The second-order valence-electron chi connectivity index (χ2n) is 1.53. The minimum atomic E-state index is -0.0148. The van der Waals surface area contributed by atoms with E-state index in [0.717, 1.165) is 0 Å². The predicted molar refractivity (Wildman–Crippen MR) is 38.4 cm³/mol. The first-order valence-corrected chi connectivity index (χ1v) is 2.34. The number of hydrogen-bond donors (Lipinski definition) is 3. The van der Waals surface area contributed by atoms with Crippen molar-refractivity contribution < 1.29 is 5.11 Å². The molecule has 9 heavy (non-hydrogen) atoms. The van der Waals surface area contributed by atoms with Gasteiger partial charge in [0.05, 0.1) is 6.61 Å². The summed E-state index contributed by atoms with van der Waals surface area (Å²) >= 11 is 0. The summed E-state index contributed by atoms with van der Waals surface area (Å²) in [6, 6.07) is 0. The minimum absolute atomic E-state index is 0. The smallest absolute Gasteiger partial charge is 0.188 e. The van der Waals surface area contributed by atoms with Crippen LogP contribution in [0.25, 0.3) is 0 Å². The van der Waals surface area contributed by atoms with Gasteiger partial charge in [-0.3, -0.25) is 5.41 Å². The van der Waals surface area contributed by atoms with Crippen molar-refractivity contribution in [3.05, 3.63) is 0 Å². The summed E-state index contributed by atoms with van der Waals surface area (Å²) in [6.45, 7) is 0.464. The number of likely N-dealkylation sites (N-methyl/N-ethyl adjacent to an activating group) is 1. The average Bonchev–Trinajstić information content (AvgIpc) is 1.67. The van der Waals surface area contributed by atoms with Crippen molar-refractivity contribution >= 4 is 5.96 Å². The largest absolute Gasteiger partial charge is 0.395 e. The van der Waals surface area contributed by atoms with Crippen molar-refractivity contribution in [3.63, 3.8) is 0 Å². The molecule has 0 fully saturated rings. The standard InChI is InChI=1S/C4H11N3O.CH4/c1-7(2-3-8)4(5)6;/h8H,2-3H2,1H3,(H3,5,6);1H4. The fourth-order valence-electron chi connectivity index (χ4n) is 0.270. The number of nitrogens with two attached hydrogens (primary N) is 1. The van der Waals surface area contributed by atoms with Crippen molar-refractivity contribution in [2.75, 3.05) is 20.2 Å². The molecule has 56 valence electrons. The number of aliphatic hydroxyl groups is 1. The molecule has 0 atom stereocenters. The van der Waals surface area contributed by atoms with Gasteiger partial charge in [0.25, 0.3) is 0 Å². The van der Waals surface area contributed by atoms with Crippen LogP contribution in [0.4, 0.5) is 0 Å². The van der Waals surface area contributed by atoms with Gasteiger partial charge in [0.1, 0.15) is 0 Å². The molecule has 0 heterocycles. The minimum Gasteiger partial charge on any atom is -0.395 e. The van der Waals surface area contributed by atoms with Crippen molar-refractivity contribution in [1.82, 2.24) is 4.90 Å². The molecular weight excluding hydrogens is 118 g/mol. The molecule has 0 bridgehead atoms. The van der Waals surface area contributed by atoms with E-state index in [1.54, 1.807) is 7.05 Å². The van der Waals surface area contributed by atoms with Crippen molar-refractivity contribution in [3.8, 4) is 0 Å². The molecular formula is C5H15N3O. The average molecular weight is 133 g/mol. The Bertz CT molecular complexity index is 84.3. The van der Waals surface area contributed by atoms with Gasteiger partial charge in [-0.25, -0.2) is 0 Å². The summed E-state index contributed by atoms with van der Waals surface area (Å²) in [5.74, 6) is -0.0148. The molecule has 0 aliphatic rings. The second kappa shape index (κ2) is 5.37. The lowest BCUT2D eigenvalue weighted by molar-refractivity contribution is 0.262. The van der Waals surface area contributed by atoms with Gasteiger partial charge >= 0.3 is 0 Å². The number of guanidine groups is 1. The third-order valence-corrected chi connectivity index (χ3v) is 0.847. The van der Waals surface area contributed by atoms with Crippen LogP contribution < -0.4 is 5.73 Å². The van der Waals surface area contributed by atoms with Crippen molar-refractivity contribution in [2.45, 2.75) is 7.43 Å². The second-order valence-corrected chi connectivity index (χ2v) is 1.53. The molecule has 0 radical (unpaired) electrons. The maximum atomic E-state index is 8.29. The van der Waals surface area contributed by atoms with E-state index >= 15 is 0 Å². The van der Waals surface area contributed by atoms with Crippen LogP contribution in [0.1, 0.15) is 7.43 Å². The molecule has 0 aliphatic carbocycles. The third kappa shape index (κ3) is 5.10. The monoisotopic (exact) mass is 133 g/mol. The van der Waals surface area contributed by atoms with E-state index in [-0.39, 0.29) is 20.0 Å². The van der Waals surface area contributed by atoms with Gasteiger partial charge in [0.2, 0.25) is 0 Å². The summed E-state index contributed by atoms with van der Waals surface area (Å²) in [6.07, 6.45) is 0. The molecule has 0 aromatic rings. The topological polar surface area (TPSA) is 73.3 Å². The number of hydrogen-bond acceptors (Lipinski definition) is 2. The van der Waals surface area contributed by atoms with Gasteiger partial charge in [0, 0.05) is 13.6 Å². The van der Waals surface area contributed by atoms with E-state index in [1.807, 2.05) is 0 Å². The predicted octanol–water partition coefficient (Wildman–Crippen LogP) is -0.560. The van der Waals surface area contributed by atoms with Crippen LogP contribution >= 0.6 is 0 Å². The van der Waals surface area contributed by atoms with E-state index < -0.39 is 0 Å². The fourth-order valence-corrected chi connectivity index (χ4v) is 0.270. The molecule has 0 aliphatic heterocycles. The number of nitrogens with zero attached hydrogens (tertiary/aromatic N) is 1. The van der Waals surface area contributed by atoms with E-state index in [2.05, 4.69) is 0 Å². The highest BCUT2D eigenvalue weighted by molar-refractivity contribution is 5.74. The van der Waals surface area contributed by atoms with Crippen LogP contribution in [0, 0.1) is 5.41 Å². The summed E-state index contributed by atoms with van der Waals surface area (Å²) < 4.78 is 0. The van der Waals surface area contributed by atoms with Crippen LogP contribution in [0.15, 0.2) is 0 Å². The lowest BCUT2D eigenvalue weighted by Gasteiger charge is -2.13. The normalized spacial score (nSPS) is 7.78. The highest BCUT2D eigenvalue weighted by Gasteiger charge is 1.94. The first-order chi connectivity index (χ1) is 3.68. The highest BCUT2D eigenvalue weighted by Crippen LogP contribution is 1.74. The quantitative estimate of drug-likeness (QED) is 0.349. The molecule has 0 aromatic heterocycles. The van der Waals surface area contributed by atoms with Crippen LogP contribution in [0.2, 0.25) is 0 Å². The fraction of sp³-hybridized carbons (Fsp3) is 0.800. The van der Waals surface area contributed by atoms with E-state index in [9.17, 15) is 0 Å². The molecule has 0 rings (SSSR count). The zero-order valence-electron chi connectivity index (χ0n) is 4.89. The van der Waals surface area contributed by atoms with Crippen molar-refractivity contribution in [1.29, 1.82) is 5.41 Å². The molecule has 0 spiro atoms. The number of nitrogens with one attached hydrogen (secondary N) is 1. The molecule has 0 unspecified atom stereocenters. The van der Waals surface area contributed by atoms with E-state index in [4.69, 9.17) is 16.2 Å². The SMILES string of the molecule is C.CN(CCO)C(=N)N. The molecule has 0 saturated heterocycles. The van der Waals surface area contributed by atoms with Gasteiger partial charge in [-0.2, -0.15) is 0 Å². The number of aliphatic hydroxyl groups excluding tert-OH is 1. The van der Waals surface area contributed by atoms with Crippen LogP contribution in [0.5, 0.6) is 0 Å². The maximum absolute atomic E-state index is 8.29. The van der Waals surface area contributed by atoms with Crippen LogP contribution in [-0.2, 0) is 0 Å². The molecule has 0 aromatic carbocycles. The zero-order chi connectivity index (χ0) is 6.57. The van der Waals surface area contributed by atoms with Crippen LogP contribution in [0.3, 0.4) is 0 Å². The Morgan fingerprint density at radius 3 is 2.33 bits per heavy atom. The molecule has 4 heteroatoms. The molecule has 0 saturated carbocycles. The Kier molecular flexibility index (Phi) is 6.61. The highest BCUT2D eigenvalue weighted by atomic mass is 16.3. The summed E-state index contributed by atoms with van der Waals surface area (Å²) in [4.78, 5) is 1.46. The summed E-state index contributed by atoms with van der Waals surface area (Å²) in [5.41, 5.74) is 5.02. The zero-order valence-corrected chi connectivity index (χ0v) is 4.89.